The van der Waals surface area contributed by atoms with Gasteiger partial charge in [-0.1, -0.05) is 18.2 Å². The molecule has 0 aromatic heterocycles. The van der Waals surface area contributed by atoms with Crippen molar-refractivity contribution in [1.82, 2.24) is 5.48 Å². The number of hydrogen-bond donors (Lipinski definition) is 3. The molecule has 2 amide bonds. The van der Waals surface area contributed by atoms with Crippen LogP contribution in [0.4, 0.5) is 10.5 Å². The molecule has 0 saturated carbocycles. The summed E-state index contributed by atoms with van der Waals surface area (Å²) in [5.74, 6) is -1.16. The van der Waals surface area contributed by atoms with E-state index < -0.39 is 18.6 Å². The summed E-state index contributed by atoms with van der Waals surface area (Å²) in [7, 11) is 0. The Morgan fingerprint density at radius 2 is 1.88 bits per heavy atom. The molecule has 1 aromatic carbocycles. The zero-order valence-electron chi connectivity index (χ0n) is 9.61. The van der Waals surface area contributed by atoms with Gasteiger partial charge in [0.2, 0.25) is 0 Å². The molecule has 0 heterocycles. The average molecular weight is 238 g/mol. The number of hydroxylamine groups is 1. The molecule has 0 fully saturated rings. The van der Waals surface area contributed by atoms with Gasteiger partial charge in [0.15, 0.2) is 6.61 Å². The minimum Gasteiger partial charge on any atom is -0.479 e. The lowest BCUT2D eigenvalue weighted by Gasteiger charge is -2.11. The Kier molecular flexibility index (Phi) is 4.47. The normalized spacial score (nSPS) is 9.76. The number of carboxylic acid groups (broad SMARTS) is 1. The monoisotopic (exact) mass is 238 g/mol. The van der Waals surface area contributed by atoms with Gasteiger partial charge in [-0.2, -0.15) is 0 Å². The Balaban J connectivity index is 2.53. The SMILES string of the molecule is Cc1cccc(C)c1NC(=O)NOCC(=O)O. The largest absolute Gasteiger partial charge is 0.479 e. The molecule has 0 atom stereocenters. The smallest absolute Gasteiger partial charge is 0.343 e. The van der Waals surface area contributed by atoms with E-state index in [0.717, 1.165) is 11.1 Å². The number of para-hydroxylation sites is 1. The Hall–Kier alpha value is -2.08. The van der Waals surface area contributed by atoms with E-state index in [1.165, 1.54) is 0 Å². The molecule has 6 heteroatoms. The molecule has 6 nitrogen and oxygen atoms in total. The summed E-state index contributed by atoms with van der Waals surface area (Å²) < 4.78 is 0. The maximum Gasteiger partial charge on any atom is 0.343 e. The quantitative estimate of drug-likeness (QED) is 0.692. The molecule has 0 aliphatic rings. The molecule has 3 N–H and O–H groups in total. The van der Waals surface area contributed by atoms with Crippen LogP contribution in [0.1, 0.15) is 11.1 Å². The summed E-state index contributed by atoms with van der Waals surface area (Å²) in [4.78, 5) is 26.0. The molecular weight excluding hydrogens is 224 g/mol. The summed E-state index contributed by atoms with van der Waals surface area (Å²) in [5, 5.41) is 10.9. The van der Waals surface area contributed by atoms with Gasteiger partial charge in [-0.05, 0) is 25.0 Å². The highest BCUT2D eigenvalue weighted by molar-refractivity contribution is 5.90. The van der Waals surface area contributed by atoms with E-state index >= 15 is 0 Å². The van der Waals surface area contributed by atoms with Gasteiger partial charge in [-0.15, -0.1) is 0 Å². The van der Waals surface area contributed by atoms with E-state index in [1.807, 2.05) is 37.5 Å². The second kappa shape index (κ2) is 5.86. The van der Waals surface area contributed by atoms with Crippen molar-refractivity contribution in [3.05, 3.63) is 29.3 Å². The minimum absolute atomic E-state index is 0.583. The van der Waals surface area contributed by atoms with Crippen LogP contribution in [0.3, 0.4) is 0 Å². The van der Waals surface area contributed by atoms with E-state index in [-0.39, 0.29) is 0 Å². The molecule has 0 spiro atoms. The van der Waals surface area contributed by atoms with Gasteiger partial charge in [0.1, 0.15) is 0 Å². The highest BCUT2D eigenvalue weighted by atomic mass is 16.7. The number of benzene rings is 1. The first kappa shape index (κ1) is 13.0. The highest BCUT2D eigenvalue weighted by Gasteiger charge is 2.07. The van der Waals surface area contributed by atoms with Crippen molar-refractivity contribution in [2.45, 2.75) is 13.8 Å². The van der Waals surface area contributed by atoms with Crippen LogP contribution in [-0.2, 0) is 9.63 Å². The van der Waals surface area contributed by atoms with Gasteiger partial charge >= 0.3 is 12.0 Å². The number of rotatable bonds is 4. The van der Waals surface area contributed by atoms with Crippen LogP contribution in [0.25, 0.3) is 0 Å². The number of urea groups is 1. The fourth-order valence-corrected chi connectivity index (χ4v) is 1.31. The summed E-state index contributed by atoms with van der Waals surface area (Å²) in [6.45, 7) is 3.14. The van der Waals surface area contributed by atoms with E-state index in [1.54, 1.807) is 0 Å². The van der Waals surface area contributed by atoms with E-state index in [0.29, 0.717) is 5.69 Å². The second-order valence-corrected chi connectivity index (χ2v) is 3.51. The van der Waals surface area contributed by atoms with Crippen LogP contribution in [0.5, 0.6) is 0 Å². The topological polar surface area (TPSA) is 87.7 Å². The Morgan fingerprint density at radius 1 is 1.29 bits per heavy atom. The Morgan fingerprint density at radius 3 is 2.41 bits per heavy atom. The molecule has 0 bridgehead atoms. The molecular formula is C11H14N2O4. The number of amides is 2. The maximum atomic E-state index is 11.4. The van der Waals surface area contributed by atoms with E-state index in [9.17, 15) is 9.59 Å². The lowest BCUT2D eigenvalue weighted by Crippen LogP contribution is -2.31. The third-order valence-corrected chi connectivity index (χ3v) is 2.08. The van der Waals surface area contributed by atoms with Crippen molar-refractivity contribution in [3.63, 3.8) is 0 Å². The van der Waals surface area contributed by atoms with Crippen LogP contribution in [0, 0.1) is 13.8 Å². The molecule has 0 radical (unpaired) electrons. The molecule has 17 heavy (non-hydrogen) atoms. The zero-order valence-corrected chi connectivity index (χ0v) is 9.61. The third-order valence-electron chi connectivity index (χ3n) is 2.08. The van der Waals surface area contributed by atoms with Crippen LogP contribution in [0.15, 0.2) is 18.2 Å². The molecule has 0 aliphatic carbocycles. The standard InChI is InChI=1S/C11H14N2O4/c1-7-4-3-5-8(2)10(7)12-11(16)13-17-6-9(14)15/h3-5H,6H2,1-2H3,(H,14,15)(H2,12,13,16). The molecule has 0 aliphatic heterocycles. The first-order valence-electron chi connectivity index (χ1n) is 4.97. The molecule has 1 rings (SSSR count). The number of hydrogen-bond acceptors (Lipinski definition) is 3. The van der Waals surface area contributed by atoms with Gasteiger partial charge in [0, 0.05) is 5.69 Å². The lowest BCUT2D eigenvalue weighted by atomic mass is 10.1. The predicted molar refractivity (Wildman–Crippen MR) is 61.7 cm³/mol. The van der Waals surface area contributed by atoms with Gasteiger partial charge in [0.05, 0.1) is 0 Å². The number of carboxylic acids is 1. The molecule has 0 saturated heterocycles. The summed E-state index contributed by atoms with van der Waals surface area (Å²) >= 11 is 0. The number of aryl methyl sites for hydroxylation is 2. The third kappa shape index (κ3) is 4.12. The van der Waals surface area contributed by atoms with Crippen LogP contribution in [-0.4, -0.2) is 23.7 Å². The second-order valence-electron chi connectivity index (χ2n) is 3.51. The number of anilines is 1. The van der Waals surface area contributed by atoms with Gasteiger partial charge in [-0.3, -0.25) is 4.84 Å². The molecule has 0 unspecified atom stereocenters. The summed E-state index contributed by atoms with van der Waals surface area (Å²) in [6.07, 6.45) is 0. The van der Waals surface area contributed by atoms with E-state index in [2.05, 4.69) is 10.2 Å². The van der Waals surface area contributed by atoms with Crippen LogP contribution >= 0.6 is 0 Å². The van der Waals surface area contributed by atoms with Crippen LogP contribution in [0.2, 0.25) is 0 Å². The Bertz CT molecular complexity index is 411. The van der Waals surface area contributed by atoms with Gasteiger partial charge < -0.3 is 10.4 Å². The van der Waals surface area contributed by atoms with E-state index in [4.69, 9.17) is 5.11 Å². The number of aliphatic carboxylic acids is 1. The summed E-state index contributed by atoms with van der Waals surface area (Å²) in [6, 6.07) is 5.00. The van der Waals surface area contributed by atoms with Crippen molar-refractivity contribution in [2.24, 2.45) is 0 Å². The Labute approximate surface area is 98.5 Å². The van der Waals surface area contributed by atoms with Crippen molar-refractivity contribution >= 4 is 17.7 Å². The summed E-state index contributed by atoms with van der Waals surface area (Å²) in [5.41, 5.74) is 4.50. The zero-order chi connectivity index (χ0) is 12.8. The molecule has 1 aromatic rings. The fourth-order valence-electron chi connectivity index (χ4n) is 1.31. The highest BCUT2D eigenvalue weighted by Crippen LogP contribution is 2.18. The van der Waals surface area contributed by atoms with Crippen molar-refractivity contribution in [1.29, 1.82) is 0 Å². The maximum absolute atomic E-state index is 11.4. The van der Waals surface area contributed by atoms with Gasteiger partial charge in [-0.25, -0.2) is 15.1 Å². The van der Waals surface area contributed by atoms with Crippen molar-refractivity contribution in [3.8, 4) is 0 Å². The average Bonchev–Trinajstić information content (AvgIpc) is 2.23. The first-order valence-corrected chi connectivity index (χ1v) is 4.97. The van der Waals surface area contributed by atoms with Crippen molar-refractivity contribution < 1.29 is 19.5 Å². The minimum atomic E-state index is -1.16. The predicted octanol–water partition coefficient (Wildman–Crippen LogP) is 1.44. The van der Waals surface area contributed by atoms with Crippen molar-refractivity contribution in [2.75, 3.05) is 11.9 Å². The number of nitrogens with one attached hydrogen (secondary N) is 2. The van der Waals surface area contributed by atoms with Crippen LogP contribution < -0.4 is 10.8 Å². The number of carbonyl (C=O) groups excluding carboxylic acids is 1. The number of carbonyl (C=O) groups is 2. The van der Waals surface area contributed by atoms with Gasteiger partial charge in [0.25, 0.3) is 0 Å². The fraction of sp³-hybridized carbons (Fsp3) is 0.273. The molecule has 92 valence electrons. The first-order chi connectivity index (χ1) is 8.00. The lowest BCUT2D eigenvalue weighted by molar-refractivity contribution is -0.143.